The molecule has 0 aliphatic heterocycles. The lowest BCUT2D eigenvalue weighted by atomic mass is 10.5. The average Bonchev–Trinajstić information content (AvgIpc) is 2.65. The summed E-state index contributed by atoms with van der Waals surface area (Å²) < 4.78 is 0. The van der Waals surface area contributed by atoms with E-state index in [4.69, 9.17) is 0 Å². The van der Waals surface area contributed by atoms with Crippen molar-refractivity contribution in [3.8, 4) is 0 Å². The highest BCUT2D eigenvalue weighted by Gasteiger charge is 2.04. The van der Waals surface area contributed by atoms with E-state index >= 15 is 0 Å². The van der Waals surface area contributed by atoms with Gasteiger partial charge in [0, 0.05) is 24.7 Å². The minimum atomic E-state index is -0.0455. The summed E-state index contributed by atoms with van der Waals surface area (Å²) in [7, 11) is 1.77. The molecule has 1 aromatic rings. The normalized spacial score (nSPS) is 9.69. The van der Waals surface area contributed by atoms with Crippen LogP contribution in [0.3, 0.4) is 0 Å². The molecule has 0 saturated carbocycles. The molecule has 0 fully saturated rings. The number of amides is 2. The summed E-state index contributed by atoms with van der Waals surface area (Å²) in [5, 5.41) is 2.79. The second-order valence-corrected chi connectivity index (χ2v) is 3.61. The fraction of sp³-hybridized carbons (Fsp3) is 0.500. The van der Waals surface area contributed by atoms with Crippen LogP contribution in [-0.4, -0.2) is 29.5 Å². The summed E-state index contributed by atoms with van der Waals surface area (Å²) in [5.74, 6) is 0. The molecule has 1 heterocycles. The number of rotatable bonds is 3. The van der Waals surface area contributed by atoms with Crippen molar-refractivity contribution in [2.75, 3.05) is 13.6 Å². The lowest BCUT2D eigenvalue weighted by Gasteiger charge is -2.14. The topological polar surface area (TPSA) is 45.2 Å². The van der Waals surface area contributed by atoms with Gasteiger partial charge in [0.05, 0.1) is 12.1 Å². The summed E-state index contributed by atoms with van der Waals surface area (Å²) in [5.41, 5.74) is 1.75. The molecule has 13 heavy (non-hydrogen) atoms. The van der Waals surface area contributed by atoms with Crippen molar-refractivity contribution in [2.24, 2.45) is 0 Å². The molecule has 0 bridgehead atoms. The van der Waals surface area contributed by atoms with Gasteiger partial charge in [-0.25, -0.2) is 4.79 Å². The molecule has 2 amide bonds. The van der Waals surface area contributed by atoms with Gasteiger partial charge in [0.15, 0.2) is 0 Å². The van der Waals surface area contributed by atoms with Gasteiger partial charge in [-0.15, -0.1) is 11.3 Å². The van der Waals surface area contributed by atoms with Crippen molar-refractivity contribution in [1.29, 1.82) is 0 Å². The third-order valence-electron chi connectivity index (χ3n) is 1.72. The smallest absolute Gasteiger partial charge is 0.317 e. The van der Waals surface area contributed by atoms with Crippen molar-refractivity contribution in [1.82, 2.24) is 15.2 Å². The van der Waals surface area contributed by atoms with E-state index in [1.807, 2.05) is 6.92 Å². The maximum Gasteiger partial charge on any atom is 0.317 e. The first kappa shape index (κ1) is 9.98. The zero-order valence-electron chi connectivity index (χ0n) is 7.78. The van der Waals surface area contributed by atoms with E-state index < -0.39 is 0 Å². The minimum Gasteiger partial charge on any atom is -0.333 e. The predicted molar refractivity (Wildman–Crippen MR) is 52.7 cm³/mol. The Morgan fingerprint density at radius 2 is 2.54 bits per heavy atom. The van der Waals surface area contributed by atoms with Gasteiger partial charge in [0.25, 0.3) is 0 Å². The molecule has 0 aliphatic rings. The molecule has 4 nitrogen and oxygen atoms in total. The Kier molecular flexibility index (Phi) is 3.70. The van der Waals surface area contributed by atoms with E-state index in [-0.39, 0.29) is 6.03 Å². The molecule has 72 valence electrons. The van der Waals surface area contributed by atoms with Gasteiger partial charge in [0.2, 0.25) is 0 Å². The van der Waals surface area contributed by atoms with Crippen LogP contribution in [0.25, 0.3) is 0 Å². The minimum absolute atomic E-state index is 0.0455. The zero-order valence-corrected chi connectivity index (χ0v) is 8.60. The van der Waals surface area contributed by atoms with Crippen molar-refractivity contribution in [3.63, 3.8) is 0 Å². The first-order chi connectivity index (χ1) is 6.24. The van der Waals surface area contributed by atoms with Crippen LogP contribution in [0.2, 0.25) is 0 Å². The lowest BCUT2D eigenvalue weighted by molar-refractivity contribution is 0.210. The summed E-state index contributed by atoms with van der Waals surface area (Å²) in [4.78, 5) is 17.9. The summed E-state index contributed by atoms with van der Waals surface area (Å²) in [6.45, 7) is 3.22. The van der Waals surface area contributed by atoms with Crippen LogP contribution in [0.4, 0.5) is 4.79 Å². The molecule has 1 aromatic heterocycles. The Hall–Kier alpha value is -1.10. The van der Waals surface area contributed by atoms with Crippen LogP contribution in [0, 0.1) is 0 Å². The van der Waals surface area contributed by atoms with Gasteiger partial charge >= 0.3 is 6.03 Å². The molecule has 0 radical (unpaired) electrons. The highest BCUT2D eigenvalue weighted by Crippen LogP contribution is 2.04. The number of nitrogens with zero attached hydrogens (tertiary/aromatic N) is 2. The summed E-state index contributed by atoms with van der Waals surface area (Å²) in [6.07, 6.45) is 1.76. The number of hydrogen-bond donors (Lipinski definition) is 1. The van der Waals surface area contributed by atoms with Gasteiger partial charge in [-0.2, -0.15) is 0 Å². The highest BCUT2D eigenvalue weighted by molar-refractivity contribution is 7.09. The van der Waals surface area contributed by atoms with E-state index in [1.54, 1.807) is 23.7 Å². The van der Waals surface area contributed by atoms with Crippen LogP contribution in [0.5, 0.6) is 0 Å². The number of aromatic nitrogens is 1. The molecule has 1 N–H and O–H groups in total. The third-order valence-corrected chi connectivity index (χ3v) is 2.50. The number of carbonyl (C=O) groups excluding carboxylic acids is 1. The largest absolute Gasteiger partial charge is 0.333 e. The van der Waals surface area contributed by atoms with Crippen LogP contribution >= 0.6 is 11.3 Å². The Morgan fingerprint density at radius 3 is 3.08 bits per heavy atom. The fourth-order valence-corrected chi connectivity index (χ4v) is 1.31. The van der Waals surface area contributed by atoms with Gasteiger partial charge in [-0.3, -0.25) is 4.98 Å². The molecule has 0 unspecified atom stereocenters. The van der Waals surface area contributed by atoms with Crippen molar-refractivity contribution >= 4 is 17.4 Å². The van der Waals surface area contributed by atoms with Gasteiger partial charge in [-0.1, -0.05) is 0 Å². The van der Waals surface area contributed by atoms with Crippen LogP contribution in [0.1, 0.15) is 11.8 Å². The van der Waals surface area contributed by atoms with E-state index in [2.05, 4.69) is 10.3 Å². The molecule has 1 rings (SSSR count). The van der Waals surface area contributed by atoms with Gasteiger partial charge in [0.1, 0.15) is 0 Å². The Labute approximate surface area is 81.6 Å². The Balaban J connectivity index is 2.31. The highest BCUT2D eigenvalue weighted by atomic mass is 32.1. The van der Waals surface area contributed by atoms with E-state index in [1.165, 1.54) is 11.3 Å². The average molecular weight is 199 g/mol. The fourth-order valence-electron chi connectivity index (χ4n) is 0.771. The SMILES string of the molecule is CCN(C)C(=O)NCc1cncs1. The monoisotopic (exact) mass is 199 g/mol. The maximum absolute atomic E-state index is 11.3. The molecular weight excluding hydrogens is 186 g/mol. The Morgan fingerprint density at radius 1 is 1.77 bits per heavy atom. The number of nitrogens with one attached hydrogen (secondary N) is 1. The molecule has 0 aliphatic carbocycles. The molecule has 0 spiro atoms. The summed E-state index contributed by atoms with van der Waals surface area (Å²) >= 11 is 1.54. The zero-order chi connectivity index (χ0) is 9.68. The maximum atomic E-state index is 11.3. The first-order valence-electron chi connectivity index (χ1n) is 4.10. The van der Waals surface area contributed by atoms with Crippen molar-refractivity contribution < 1.29 is 4.79 Å². The molecular formula is C8H13N3OS. The van der Waals surface area contributed by atoms with E-state index in [9.17, 15) is 4.79 Å². The quantitative estimate of drug-likeness (QED) is 0.797. The van der Waals surface area contributed by atoms with Crippen molar-refractivity contribution in [3.05, 3.63) is 16.6 Å². The number of urea groups is 1. The Bertz CT molecular complexity index is 260. The number of carbonyl (C=O) groups is 1. The predicted octanol–water partition coefficient (Wildman–Crippen LogP) is 1.30. The second kappa shape index (κ2) is 4.81. The number of hydrogen-bond acceptors (Lipinski definition) is 3. The standard InChI is InChI=1S/C8H13N3OS/c1-3-11(2)8(12)10-5-7-4-9-6-13-7/h4,6H,3,5H2,1-2H3,(H,10,12). The molecule has 0 saturated heterocycles. The van der Waals surface area contributed by atoms with Gasteiger partial charge in [-0.05, 0) is 6.92 Å². The van der Waals surface area contributed by atoms with E-state index in [0.717, 1.165) is 4.88 Å². The lowest BCUT2D eigenvalue weighted by Crippen LogP contribution is -2.36. The number of thiazole rings is 1. The second-order valence-electron chi connectivity index (χ2n) is 2.64. The van der Waals surface area contributed by atoms with Crippen LogP contribution in [-0.2, 0) is 6.54 Å². The van der Waals surface area contributed by atoms with Crippen LogP contribution < -0.4 is 5.32 Å². The first-order valence-corrected chi connectivity index (χ1v) is 4.98. The molecule has 5 heteroatoms. The third kappa shape index (κ3) is 3.02. The van der Waals surface area contributed by atoms with E-state index in [0.29, 0.717) is 13.1 Å². The van der Waals surface area contributed by atoms with Crippen molar-refractivity contribution in [2.45, 2.75) is 13.5 Å². The van der Waals surface area contributed by atoms with Crippen LogP contribution in [0.15, 0.2) is 11.7 Å². The van der Waals surface area contributed by atoms with Gasteiger partial charge < -0.3 is 10.2 Å². The molecule has 0 atom stereocenters. The molecule has 0 aromatic carbocycles. The summed E-state index contributed by atoms with van der Waals surface area (Å²) in [6, 6.07) is -0.0455.